The van der Waals surface area contributed by atoms with Gasteiger partial charge in [-0.3, -0.25) is 0 Å². The summed E-state index contributed by atoms with van der Waals surface area (Å²) in [7, 11) is 0. The van der Waals surface area contributed by atoms with Crippen LogP contribution in [0.25, 0.3) is 66.4 Å². The van der Waals surface area contributed by atoms with Crippen LogP contribution in [0.1, 0.15) is 43.6 Å². The summed E-state index contributed by atoms with van der Waals surface area (Å²) in [5.41, 5.74) is 16.2. The van der Waals surface area contributed by atoms with Crippen molar-refractivity contribution in [2.45, 2.75) is 38.0 Å². The zero-order valence-corrected chi connectivity index (χ0v) is 31.4. The van der Waals surface area contributed by atoms with Gasteiger partial charge in [0.1, 0.15) is 11.2 Å². The Morgan fingerprint density at radius 1 is 0.375 bits per heavy atom. The van der Waals surface area contributed by atoms with E-state index in [1.165, 1.54) is 82.2 Å². The zero-order chi connectivity index (χ0) is 37.3. The summed E-state index contributed by atoms with van der Waals surface area (Å²) in [6, 6.07) is 70.5. The molecule has 1 fully saturated rings. The lowest BCUT2D eigenvalue weighted by molar-refractivity contribution is 0.443. The number of fused-ring (bicyclic) bond motifs is 3. The van der Waals surface area contributed by atoms with Gasteiger partial charge in [0, 0.05) is 33.9 Å². The predicted octanol–water partition coefficient (Wildman–Crippen LogP) is 15.8. The molecule has 0 unspecified atom stereocenters. The Hall–Kier alpha value is -6.64. The van der Waals surface area contributed by atoms with Crippen molar-refractivity contribution >= 4 is 39.0 Å². The number of rotatable bonds is 8. The van der Waals surface area contributed by atoms with Crippen molar-refractivity contribution in [2.24, 2.45) is 0 Å². The summed E-state index contributed by atoms with van der Waals surface area (Å²) in [4.78, 5) is 2.37. The third-order valence-corrected chi connectivity index (χ3v) is 11.7. The van der Waals surface area contributed by atoms with Gasteiger partial charge in [-0.25, -0.2) is 0 Å². The Morgan fingerprint density at radius 2 is 0.893 bits per heavy atom. The maximum atomic E-state index is 6.41. The largest absolute Gasteiger partial charge is 0.456 e. The monoisotopic (exact) mass is 721 g/mol. The van der Waals surface area contributed by atoms with E-state index in [1.807, 2.05) is 6.07 Å². The maximum absolute atomic E-state index is 6.41. The smallest absolute Gasteiger partial charge is 0.137 e. The molecule has 0 amide bonds. The van der Waals surface area contributed by atoms with E-state index < -0.39 is 0 Å². The quantitative estimate of drug-likeness (QED) is 0.155. The van der Waals surface area contributed by atoms with Crippen molar-refractivity contribution in [3.05, 3.63) is 200 Å². The second kappa shape index (κ2) is 14.9. The number of nitrogens with zero attached hydrogens (tertiary/aromatic N) is 1. The van der Waals surface area contributed by atoms with E-state index in [-0.39, 0.29) is 0 Å². The van der Waals surface area contributed by atoms with Crippen molar-refractivity contribution in [1.82, 2.24) is 0 Å². The Balaban J connectivity index is 1.08. The van der Waals surface area contributed by atoms with Gasteiger partial charge in [-0.05, 0) is 111 Å². The summed E-state index contributed by atoms with van der Waals surface area (Å²) in [6.45, 7) is 0. The predicted molar refractivity (Wildman–Crippen MR) is 236 cm³/mol. The van der Waals surface area contributed by atoms with Gasteiger partial charge in [0.2, 0.25) is 0 Å². The topological polar surface area (TPSA) is 16.4 Å². The molecule has 10 rings (SSSR count). The highest BCUT2D eigenvalue weighted by Crippen LogP contribution is 2.44. The molecule has 1 aliphatic rings. The van der Waals surface area contributed by atoms with E-state index in [1.54, 1.807) is 0 Å². The number of benzene rings is 8. The minimum Gasteiger partial charge on any atom is -0.456 e. The Morgan fingerprint density at radius 3 is 1.59 bits per heavy atom. The minimum absolute atomic E-state index is 0.658. The second-order valence-electron chi connectivity index (χ2n) is 15.1. The first-order valence-electron chi connectivity index (χ1n) is 20.0. The number of furan rings is 1. The fourth-order valence-corrected chi connectivity index (χ4v) is 8.84. The highest BCUT2D eigenvalue weighted by molar-refractivity contribution is 6.06. The van der Waals surface area contributed by atoms with Crippen LogP contribution < -0.4 is 4.90 Å². The molecule has 0 atom stereocenters. The zero-order valence-electron chi connectivity index (χ0n) is 31.4. The van der Waals surface area contributed by atoms with E-state index >= 15 is 0 Å². The van der Waals surface area contributed by atoms with E-state index in [0.717, 1.165) is 39.0 Å². The lowest BCUT2D eigenvalue weighted by atomic mass is 9.84. The fraction of sp³-hybridized carbons (Fsp3) is 0.111. The van der Waals surface area contributed by atoms with Gasteiger partial charge in [-0.2, -0.15) is 0 Å². The third kappa shape index (κ3) is 6.48. The van der Waals surface area contributed by atoms with Crippen LogP contribution >= 0.6 is 0 Å². The minimum atomic E-state index is 0.658. The van der Waals surface area contributed by atoms with Gasteiger partial charge in [0.25, 0.3) is 0 Å². The van der Waals surface area contributed by atoms with E-state index in [4.69, 9.17) is 4.42 Å². The van der Waals surface area contributed by atoms with Crippen LogP contribution in [0.2, 0.25) is 0 Å². The second-order valence-corrected chi connectivity index (χ2v) is 15.1. The molecule has 2 heteroatoms. The van der Waals surface area contributed by atoms with Gasteiger partial charge in [-0.15, -0.1) is 0 Å². The highest BCUT2D eigenvalue weighted by atomic mass is 16.3. The van der Waals surface area contributed by atoms with Gasteiger partial charge >= 0.3 is 0 Å². The first kappa shape index (κ1) is 33.9. The average Bonchev–Trinajstić information content (AvgIpc) is 3.66. The SMILES string of the molecule is c1ccc(-c2ccc(-c3cccc(-c4ccccc4)c3-c3ccc(N(c4ccc(C5CCCCC5)cc4)c4ccc5c(c4)oc4ccccc45)cc3)cc2)cc1. The molecule has 0 N–H and O–H groups in total. The molecule has 8 aromatic carbocycles. The van der Waals surface area contributed by atoms with Crippen molar-refractivity contribution in [3.8, 4) is 44.5 Å². The molecular formula is C54H43NO. The van der Waals surface area contributed by atoms with E-state index in [9.17, 15) is 0 Å². The molecule has 0 bridgehead atoms. The highest BCUT2D eigenvalue weighted by Gasteiger charge is 2.20. The van der Waals surface area contributed by atoms with Gasteiger partial charge in [-0.1, -0.05) is 165 Å². The van der Waals surface area contributed by atoms with Gasteiger partial charge in [0.05, 0.1) is 0 Å². The third-order valence-electron chi connectivity index (χ3n) is 11.7. The molecular weight excluding hydrogens is 679 g/mol. The number of anilines is 3. The molecule has 1 aromatic heterocycles. The van der Waals surface area contributed by atoms with Crippen LogP contribution in [-0.2, 0) is 0 Å². The first-order chi connectivity index (χ1) is 27.8. The summed E-state index contributed by atoms with van der Waals surface area (Å²) in [5.74, 6) is 0.658. The van der Waals surface area contributed by atoms with Crippen molar-refractivity contribution in [2.75, 3.05) is 4.90 Å². The van der Waals surface area contributed by atoms with Crippen LogP contribution in [0, 0.1) is 0 Å². The molecule has 56 heavy (non-hydrogen) atoms. The molecule has 2 nitrogen and oxygen atoms in total. The Kier molecular flexibility index (Phi) is 9.01. The van der Waals surface area contributed by atoms with E-state index in [0.29, 0.717) is 5.92 Å². The molecule has 1 aliphatic carbocycles. The Bertz CT molecular complexity index is 2740. The van der Waals surface area contributed by atoms with Crippen molar-refractivity contribution in [1.29, 1.82) is 0 Å². The average molecular weight is 722 g/mol. The fourth-order valence-electron chi connectivity index (χ4n) is 8.84. The van der Waals surface area contributed by atoms with E-state index in [2.05, 4.69) is 193 Å². The van der Waals surface area contributed by atoms with Gasteiger partial charge < -0.3 is 9.32 Å². The number of para-hydroxylation sites is 1. The van der Waals surface area contributed by atoms with Crippen LogP contribution in [0.3, 0.4) is 0 Å². The molecule has 270 valence electrons. The standard InChI is InChI=1S/C54H43NO/c1-4-13-38(14-5-1)40-23-25-43(26-24-40)49-21-12-20-48(42-17-8-3-9-18-42)54(49)44-29-33-46(34-30-44)55(45-31-27-41(28-32-45)39-15-6-2-7-16-39)47-35-36-51-50-19-10-11-22-52(50)56-53(51)37-47/h1,3-5,8-14,17-37,39H,2,6-7,15-16H2. The molecule has 1 heterocycles. The molecule has 0 saturated heterocycles. The van der Waals surface area contributed by atoms with Crippen molar-refractivity contribution < 1.29 is 4.42 Å². The number of hydrogen-bond donors (Lipinski definition) is 0. The Labute approximate surface area is 329 Å². The lowest BCUT2D eigenvalue weighted by Crippen LogP contribution is -2.10. The summed E-state index contributed by atoms with van der Waals surface area (Å²) in [5, 5.41) is 2.28. The maximum Gasteiger partial charge on any atom is 0.137 e. The molecule has 0 spiro atoms. The summed E-state index contributed by atoms with van der Waals surface area (Å²) >= 11 is 0. The van der Waals surface area contributed by atoms with Gasteiger partial charge in [0.15, 0.2) is 0 Å². The molecule has 0 radical (unpaired) electrons. The van der Waals surface area contributed by atoms with Crippen LogP contribution in [0.15, 0.2) is 199 Å². The van der Waals surface area contributed by atoms with Crippen molar-refractivity contribution in [3.63, 3.8) is 0 Å². The van der Waals surface area contributed by atoms with Crippen LogP contribution in [0.5, 0.6) is 0 Å². The molecule has 0 aliphatic heterocycles. The lowest BCUT2D eigenvalue weighted by Gasteiger charge is -2.27. The van der Waals surface area contributed by atoms with Crippen LogP contribution in [-0.4, -0.2) is 0 Å². The van der Waals surface area contributed by atoms with Crippen LogP contribution in [0.4, 0.5) is 17.1 Å². The summed E-state index contributed by atoms with van der Waals surface area (Å²) in [6.07, 6.45) is 6.60. The molecule has 1 saturated carbocycles. The molecule has 9 aromatic rings. The normalized spacial score (nSPS) is 13.3. The summed E-state index contributed by atoms with van der Waals surface area (Å²) < 4.78 is 6.41. The number of hydrogen-bond acceptors (Lipinski definition) is 2. The first-order valence-corrected chi connectivity index (χ1v) is 20.0.